The number of nitrogens with zero attached hydrogens (tertiary/aromatic N) is 1. The molecule has 0 fully saturated rings. The molecule has 0 saturated heterocycles. The fraction of sp³-hybridized carbons (Fsp3) is 0.556. The predicted octanol–water partition coefficient (Wildman–Crippen LogP) is 0.170. The van der Waals surface area contributed by atoms with Crippen molar-refractivity contribution in [3.05, 3.63) is 22.3 Å². The standard InChI is InChI=1S/C9H13NO6/c1-5(8(11)15-3)7(9(12)16-4)6(2)10(13)14/h6-7H,1H2,2-4H3. The quantitative estimate of drug-likeness (QED) is 0.289. The summed E-state index contributed by atoms with van der Waals surface area (Å²) < 4.78 is 8.74. The molecule has 0 amide bonds. The first-order chi connectivity index (χ1) is 7.36. The molecule has 0 aliphatic heterocycles. The van der Waals surface area contributed by atoms with Gasteiger partial charge in [0.1, 0.15) is 0 Å². The molecule has 0 radical (unpaired) electrons. The molecule has 7 nitrogen and oxygen atoms in total. The first-order valence-corrected chi connectivity index (χ1v) is 4.35. The molecule has 90 valence electrons. The zero-order valence-corrected chi connectivity index (χ0v) is 9.26. The molecule has 0 heterocycles. The number of hydrogen-bond acceptors (Lipinski definition) is 6. The van der Waals surface area contributed by atoms with Gasteiger partial charge in [-0.25, -0.2) is 4.79 Å². The third-order valence-corrected chi connectivity index (χ3v) is 2.09. The van der Waals surface area contributed by atoms with Crippen LogP contribution < -0.4 is 0 Å². The van der Waals surface area contributed by atoms with Crippen LogP contribution >= 0.6 is 0 Å². The van der Waals surface area contributed by atoms with E-state index in [9.17, 15) is 19.7 Å². The lowest BCUT2D eigenvalue weighted by Crippen LogP contribution is -2.36. The average molecular weight is 231 g/mol. The minimum absolute atomic E-state index is 0.293. The summed E-state index contributed by atoms with van der Waals surface area (Å²) in [4.78, 5) is 32.4. The zero-order chi connectivity index (χ0) is 12.9. The Kier molecular flexibility index (Phi) is 5.14. The van der Waals surface area contributed by atoms with E-state index in [2.05, 4.69) is 16.1 Å². The van der Waals surface area contributed by atoms with Crippen LogP contribution in [0.25, 0.3) is 0 Å². The molecule has 2 unspecified atom stereocenters. The lowest BCUT2D eigenvalue weighted by molar-refractivity contribution is -0.523. The van der Waals surface area contributed by atoms with Crippen molar-refractivity contribution in [2.24, 2.45) is 5.92 Å². The van der Waals surface area contributed by atoms with Crippen molar-refractivity contribution in [3.63, 3.8) is 0 Å². The van der Waals surface area contributed by atoms with Crippen molar-refractivity contribution in [1.29, 1.82) is 0 Å². The number of carbonyl (C=O) groups is 2. The van der Waals surface area contributed by atoms with Crippen molar-refractivity contribution in [2.45, 2.75) is 13.0 Å². The van der Waals surface area contributed by atoms with E-state index in [1.165, 1.54) is 6.92 Å². The number of hydrogen-bond donors (Lipinski definition) is 0. The minimum atomic E-state index is -1.34. The molecule has 0 aliphatic carbocycles. The molecule has 0 saturated carbocycles. The fourth-order valence-electron chi connectivity index (χ4n) is 1.14. The van der Waals surface area contributed by atoms with E-state index in [1.54, 1.807) is 0 Å². The van der Waals surface area contributed by atoms with Gasteiger partial charge in [0.25, 0.3) is 0 Å². The normalized spacial score (nSPS) is 13.4. The predicted molar refractivity (Wildman–Crippen MR) is 53.1 cm³/mol. The van der Waals surface area contributed by atoms with Crippen LogP contribution in [-0.2, 0) is 19.1 Å². The van der Waals surface area contributed by atoms with Gasteiger partial charge in [0.2, 0.25) is 6.04 Å². The van der Waals surface area contributed by atoms with Crippen LogP contribution in [0.15, 0.2) is 12.2 Å². The lowest BCUT2D eigenvalue weighted by atomic mass is 9.93. The van der Waals surface area contributed by atoms with Crippen molar-refractivity contribution in [3.8, 4) is 0 Å². The number of esters is 2. The highest BCUT2D eigenvalue weighted by atomic mass is 16.6. The molecule has 0 aliphatic rings. The van der Waals surface area contributed by atoms with E-state index < -0.39 is 28.8 Å². The second kappa shape index (κ2) is 5.84. The summed E-state index contributed by atoms with van der Waals surface area (Å²) in [5.41, 5.74) is -0.293. The van der Waals surface area contributed by atoms with Gasteiger partial charge < -0.3 is 9.47 Å². The lowest BCUT2D eigenvalue weighted by Gasteiger charge is -2.16. The number of methoxy groups -OCH3 is 2. The van der Waals surface area contributed by atoms with Gasteiger partial charge >= 0.3 is 11.9 Å². The molecule has 0 aromatic heterocycles. The number of rotatable bonds is 5. The SMILES string of the molecule is C=C(C(=O)OC)C(C(=O)OC)C(C)[N+](=O)[O-]. The molecule has 7 heteroatoms. The smallest absolute Gasteiger partial charge is 0.334 e. The third-order valence-electron chi connectivity index (χ3n) is 2.09. The van der Waals surface area contributed by atoms with E-state index in [0.717, 1.165) is 14.2 Å². The van der Waals surface area contributed by atoms with Gasteiger partial charge in [-0.2, -0.15) is 0 Å². The molecule has 0 spiro atoms. The second-order valence-electron chi connectivity index (χ2n) is 3.04. The van der Waals surface area contributed by atoms with Gasteiger partial charge in [-0.1, -0.05) is 6.58 Å². The molecule has 0 aromatic rings. The van der Waals surface area contributed by atoms with Crippen LogP contribution in [0.5, 0.6) is 0 Å². The highest BCUT2D eigenvalue weighted by molar-refractivity contribution is 5.95. The van der Waals surface area contributed by atoms with Crippen LogP contribution in [0.4, 0.5) is 0 Å². The summed E-state index contributed by atoms with van der Waals surface area (Å²) in [6.45, 7) is 4.51. The maximum atomic E-state index is 11.3. The maximum Gasteiger partial charge on any atom is 0.334 e. The fourth-order valence-corrected chi connectivity index (χ4v) is 1.14. The van der Waals surface area contributed by atoms with E-state index in [0.29, 0.717) is 0 Å². The Labute approximate surface area is 92.2 Å². The monoisotopic (exact) mass is 231 g/mol. The Morgan fingerprint density at radius 1 is 1.31 bits per heavy atom. The largest absolute Gasteiger partial charge is 0.468 e. The molecule has 0 rings (SSSR count). The summed E-state index contributed by atoms with van der Waals surface area (Å²) in [6, 6.07) is -1.31. The van der Waals surface area contributed by atoms with E-state index in [-0.39, 0.29) is 5.57 Å². The van der Waals surface area contributed by atoms with Gasteiger partial charge in [0.15, 0.2) is 5.92 Å². The molecule has 2 atom stereocenters. The Bertz CT molecular complexity index is 324. The number of carbonyl (C=O) groups excluding carboxylic acids is 2. The summed E-state index contributed by atoms with van der Waals surface area (Å²) in [5.74, 6) is -3.10. The maximum absolute atomic E-state index is 11.3. The minimum Gasteiger partial charge on any atom is -0.468 e. The van der Waals surface area contributed by atoms with Gasteiger partial charge in [0, 0.05) is 11.8 Å². The summed E-state index contributed by atoms with van der Waals surface area (Å²) in [5, 5.41) is 10.6. The van der Waals surface area contributed by atoms with Crippen molar-refractivity contribution in [2.75, 3.05) is 14.2 Å². The van der Waals surface area contributed by atoms with Crippen LogP contribution in [0.2, 0.25) is 0 Å². The van der Waals surface area contributed by atoms with Crippen LogP contribution in [0, 0.1) is 16.0 Å². The molecular weight excluding hydrogens is 218 g/mol. The zero-order valence-electron chi connectivity index (χ0n) is 9.26. The van der Waals surface area contributed by atoms with Crippen LogP contribution in [0.1, 0.15) is 6.92 Å². The van der Waals surface area contributed by atoms with Crippen LogP contribution in [0.3, 0.4) is 0 Å². The van der Waals surface area contributed by atoms with E-state index in [4.69, 9.17) is 0 Å². The van der Waals surface area contributed by atoms with E-state index >= 15 is 0 Å². The number of nitro groups is 1. The highest BCUT2D eigenvalue weighted by Gasteiger charge is 2.39. The highest BCUT2D eigenvalue weighted by Crippen LogP contribution is 2.19. The summed E-state index contributed by atoms with van der Waals surface area (Å²) >= 11 is 0. The molecular formula is C9H13NO6. The summed E-state index contributed by atoms with van der Waals surface area (Å²) in [6.07, 6.45) is 0. The first-order valence-electron chi connectivity index (χ1n) is 4.35. The molecule has 0 bridgehead atoms. The van der Waals surface area contributed by atoms with Crippen molar-refractivity contribution >= 4 is 11.9 Å². The molecule has 16 heavy (non-hydrogen) atoms. The van der Waals surface area contributed by atoms with Gasteiger partial charge in [-0.05, 0) is 0 Å². The Morgan fingerprint density at radius 3 is 2.12 bits per heavy atom. The van der Waals surface area contributed by atoms with Crippen LogP contribution in [-0.4, -0.2) is 37.1 Å². The second-order valence-corrected chi connectivity index (χ2v) is 3.04. The Balaban J connectivity index is 5.09. The number of ether oxygens (including phenoxy) is 2. The van der Waals surface area contributed by atoms with E-state index in [1.807, 2.05) is 0 Å². The average Bonchev–Trinajstić information content (AvgIpc) is 2.27. The van der Waals surface area contributed by atoms with Gasteiger partial charge in [-0.15, -0.1) is 0 Å². The topological polar surface area (TPSA) is 95.7 Å². The molecule has 0 aromatic carbocycles. The van der Waals surface area contributed by atoms with Gasteiger partial charge in [0.05, 0.1) is 19.8 Å². The summed E-state index contributed by atoms with van der Waals surface area (Å²) in [7, 11) is 2.17. The van der Waals surface area contributed by atoms with Crippen molar-refractivity contribution in [1.82, 2.24) is 0 Å². The van der Waals surface area contributed by atoms with Crippen molar-refractivity contribution < 1.29 is 24.0 Å². The third kappa shape index (κ3) is 3.04. The van der Waals surface area contributed by atoms with Gasteiger partial charge in [-0.3, -0.25) is 14.9 Å². The molecule has 0 N–H and O–H groups in total. The Hall–Kier alpha value is -1.92. The first kappa shape index (κ1) is 14.1. The Morgan fingerprint density at radius 2 is 1.81 bits per heavy atom.